The highest BCUT2D eigenvalue weighted by Crippen LogP contribution is 2.32. The molecule has 0 amide bonds. The highest BCUT2D eigenvalue weighted by atomic mass is 16.5. The maximum atomic E-state index is 5.70. The van der Waals surface area contributed by atoms with Crippen LogP contribution >= 0.6 is 0 Å². The van der Waals surface area contributed by atoms with Crippen LogP contribution < -0.4 is 15.2 Å². The summed E-state index contributed by atoms with van der Waals surface area (Å²) in [6.07, 6.45) is 0. The highest BCUT2D eigenvalue weighted by Gasteiger charge is 2.08. The van der Waals surface area contributed by atoms with Gasteiger partial charge in [-0.3, -0.25) is 0 Å². The van der Waals surface area contributed by atoms with Crippen molar-refractivity contribution in [2.45, 2.75) is 13.8 Å². The van der Waals surface area contributed by atoms with Crippen molar-refractivity contribution in [3.05, 3.63) is 36.4 Å². The highest BCUT2D eigenvalue weighted by molar-refractivity contribution is 5.65. The molecule has 4 heteroatoms. The van der Waals surface area contributed by atoms with E-state index in [-0.39, 0.29) is 0 Å². The first-order chi connectivity index (χ1) is 9.24. The van der Waals surface area contributed by atoms with Gasteiger partial charge in [-0.2, -0.15) is 0 Å². The molecule has 0 saturated carbocycles. The fourth-order valence-electron chi connectivity index (χ4n) is 1.82. The van der Waals surface area contributed by atoms with Crippen molar-refractivity contribution in [2.75, 3.05) is 18.9 Å². The number of anilines is 1. The Labute approximate surface area is 113 Å². The lowest BCUT2D eigenvalue weighted by Gasteiger charge is -2.12. The van der Waals surface area contributed by atoms with E-state index in [0.29, 0.717) is 19.0 Å². The predicted octanol–water partition coefficient (Wildman–Crippen LogP) is 3.13. The molecule has 0 saturated heterocycles. The molecule has 0 fully saturated rings. The van der Waals surface area contributed by atoms with Crippen LogP contribution in [0.4, 0.5) is 5.82 Å². The van der Waals surface area contributed by atoms with Crippen molar-refractivity contribution < 1.29 is 9.47 Å². The number of benzene rings is 1. The van der Waals surface area contributed by atoms with E-state index in [1.54, 1.807) is 6.07 Å². The normalized spacial score (nSPS) is 10.2. The van der Waals surface area contributed by atoms with E-state index in [0.717, 1.165) is 22.8 Å². The van der Waals surface area contributed by atoms with E-state index in [2.05, 4.69) is 4.98 Å². The Morgan fingerprint density at radius 1 is 1.00 bits per heavy atom. The van der Waals surface area contributed by atoms with Gasteiger partial charge < -0.3 is 15.2 Å². The van der Waals surface area contributed by atoms with Crippen molar-refractivity contribution in [3.8, 4) is 22.8 Å². The molecule has 100 valence electrons. The number of nitrogen functional groups attached to an aromatic ring is 1. The maximum Gasteiger partial charge on any atom is 0.161 e. The Hall–Kier alpha value is -2.23. The molecule has 0 aliphatic rings. The summed E-state index contributed by atoms with van der Waals surface area (Å²) in [7, 11) is 0. The zero-order valence-corrected chi connectivity index (χ0v) is 11.2. The molecule has 1 heterocycles. The summed E-state index contributed by atoms with van der Waals surface area (Å²) in [6, 6.07) is 11.3. The molecular weight excluding hydrogens is 240 g/mol. The number of ether oxygens (including phenoxy) is 2. The molecule has 0 atom stereocenters. The first-order valence-corrected chi connectivity index (χ1v) is 6.37. The van der Waals surface area contributed by atoms with Crippen LogP contribution in [0.3, 0.4) is 0 Å². The minimum absolute atomic E-state index is 0.504. The van der Waals surface area contributed by atoms with E-state index in [9.17, 15) is 0 Å². The standard InChI is InChI=1S/C15H18N2O2/c1-3-18-13-9-8-11(10-14(13)19-4-2)12-6-5-7-15(16)17-12/h5-10H,3-4H2,1-2H3,(H2,16,17). The van der Waals surface area contributed by atoms with Crippen LogP contribution in [-0.4, -0.2) is 18.2 Å². The van der Waals surface area contributed by atoms with Gasteiger partial charge in [-0.25, -0.2) is 4.98 Å². The van der Waals surface area contributed by atoms with Crippen LogP contribution in [0.5, 0.6) is 11.5 Å². The topological polar surface area (TPSA) is 57.4 Å². The minimum atomic E-state index is 0.504. The molecule has 19 heavy (non-hydrogen) atoms. The maximum absolute atomic E-state index is 5.70. The molecule has 0 radical (unpaired) electrons. The predicted molar refractivity (Wildman–Crippen MR) is 76.4 cm³/mol. The van der Waals surface area contributed by atoms with Gasteiger partial charge in [0.25, 0.3) is 0 Å². The Bertz CT molecular complexity index is 556. The monoisotopic (exact) mass is 258 g/mol. The van der Waals surface area contributed by atoms with Crippen molar-refractivity contribution in [2.24, 2.45) is 0 Å². The summed E-state index contributed by atoms with van der Waals surface area (Å²) in [4.78, 5) is 4.30. The molecular formula is C15H18N2O2. The van der Waals surface area contributed by atoms with Gasteiger partial charge in [-0.05, 0) is 44.2 Å². The Morgan fingerprint density at radius 3 is 2.42 bits per heavy atom. The summed E-state index contributed by atoms with van der Waals surface area (Å²) in [5, 5.41) is 0. The lowest BCUT2D eigenvalue weighted by molar-refractivity contribution is 0.288. The van der Waals surface area contributed by atoms with Crippen molar-refractivity contribution in [3.63, 3.8) is 0 Å². The Kier molecular flexibility index (Phi) is 4.23. The Balaban J connectivity index is 2.39. The first kappa shape index (κ1) is 13.2. The number of hydrogen-bond acceptors (Lipinski definition) is 4. The molecule has 1 aromatic carbocycles. The van der Waals surface area contributed by atoms with Crippen molar-refractivity contribution in [1.82, 2.24) is 4.98 Å². The second-order valence-corrected chi connectivity index (χ2v) is 3.98. The van der Waals surface area contributed by atoms with Crippen LogP contribution in [0.25, 0.3) is 11.3 Å². The minimum Gasteiger partial charge on any atom is -0.490 e. The third-order valence-corrected chi connectivity index (χ3v) is 2.61. The number of hydrogen-bond donors (Lipinski definition) is 1. The second-order valence-electron chi connectivity index (χ2n) is 3.98. The van der Waals surface area contributed by atoms with E-state index < -0.39 is 0 Å². The third kappa shape index (κ3) is 3.16. The smallest absolute Gasteiger partial charge is 0.161 e. The van der Waals surface area contributed by atoms with E-state index >= 15 is 0 Å². The zero-order chi connectivity index (χ0) is 13.7. The number of rotatable bonds is 5. The number of aromatic nitrogens is 1. The van der Waals surface area contributed by atoms with Gasteiger partial charge in [-0.1, -0.05) is 6.07 Å². The summed E-state index contributed by atoms with van der Waals surface area (Å²) < 4.78 is 11.1. The molecule has 0 aliphatic carbocycles. The van der Waals surface area contributed by atoms with E-state index in [1.165, 1.54) is 0 Å². The van der Waals surface area contributed by atoms with Gasteiger partial charge in [0.1, 0.15) is 5.82 Å². The average molecular weight is 258 g/mol. The molecule has 0 aliphatic heterocycles. The average Bonchev–Trinajstić information content (AvgIpc) is 2.41. The van der Waals surface area contributed by atoms with Gasteiger partial charge in [0.05, 0.1) is 18.9 Å². The fourth-order valence-corrected chi connectivity index (χ4v) is 1.82. The summed E-state index contributed by atoms with van der Waals surface area (Å²) in [5.41, 5.74) is 7.48. The van der Waals surface area contributed by atoms with Gasteiger partial charge >= 0.3 is 0 Å². The molecule has 0 spiro atoms. The molecule has 2 N–H and O–H groups in total. The summed E-state index contributed by atoms with van der Waals surface area (Å²) >= 11 is 0. The molecule has 4 nitrogen and oxygen atoms in total. The first-order valence-electron chi connectivity index (χ1n) is 6.37. The summed E-state index contributed by atoms with van der Waals surface area (Å²) in [6.45, 7) is 5.09. The van der Waals surface area contributed by atoms with Crippen LogP contribution in [0, 0.1) is 0 Å². The third-order valence-electron chi connectivity index (χ3n) is 2.61. The molecule has 0 bridgehead atoms. The number of nitrogens with zero attached hydrogens (tertiary/aromatic N) is 1. The molecule has 2 rings (SSSR count). The van der Waals surface area contributed by atoms with Gasteiger partial charge in [0.15, 0.2) is 11.5 Å². The zero-order valence-electron chi connectivity index (χ0n) is 11.2. The van der Waals surface area contributed by atoms with E-state index in [1.807, 2.05) is 44.2 Å². The quantitative estimate of drug-likeness (QED) is 0.895. The van der Waals surface area contributed by atoms with Gasteiger partial charge in [0.2, 0.25) is 0 Å². The van der Waals surface area contributed by atoms with Crippen molar-refractivity contribution in [1.29, 1.82) is 0 Å². The lowest BCUT2D eigenvalue weighted by Crippen LogP contribution is -1.99. The molecule has 0 unspecified atom stereocenters. The van der Waals surface area contributed by atoms with Crippen LogP contribution in [0.1, 0.15) is 13.8 Å². The van der Waals surface area contributed by atoms with Gasteiger partial charge in [0, 0.05) is 5.56 Å². The second kappa shape index (κ2) is 6.09. The lowest BCUT2D eigenvalue weighted by atomic mass is 10.1. The fraction of sp³-hybridized carbons (Fsp3) is 0.267. The van der Waals surface area contributed by atoms with Crippen LogP contribution in [0.2, 0.25) is 0 Å². The van der Waals surface area contributed by atoms with Crippen LogP contribution in [0.15, 0.2) is 36.4 Å². The van der Waals surface area contributed by atoms with Crippen LogP contribution in [-0.2, 0) is 0 Å². The molecule has 1 aromatic heterocycles. The van der Waals surface area contributed by atoms with E-state index in [4.69, 9.17) is 15.2 Å². The molecule has 2 aromatic rings. The largest absolute Gasteiger partial charge is 0.490 e. The van der Waals surface area contributed by atoms with Crippen molar-refractivity contribution >= 4 is 5.82 Å². The SMILES string of the molecule is CCOc1ccc(-c2cccc(N)n2)cc1OCC. The summed E-state index contributed by atoms with van der Waals surface area (Å²) in [5.74, 6) is 1.98. The van der Waals surface area contributed by atoms with Gasteiger partial charge in [-0.15, -0.1) is 0 Å². The Morgan fingerprint density at radius 2 is 1.74 bits per heavy atom. The number of pyridine rings is 1. The number of nitrogens with two attached hydrogens (primary N) is 1.